The average Bonchev–Trinajstić information content (AvgIpc) is 2.17. The fourth-order valence-electron chi connectivity index (χ4n) is 1.41. The summed E-state index contributed by atoms with van der Waals surface area (Å²) in [5, 5.41) is 0. The minimum atomic E-state index is -5.68. The van der Waals surface area contributed by atoms with Crippen molar-refractivity contribution in [2.45, 2.75) is 31.5 Å². The quantitative estimate of drug-likeness (QED) is 0.546. The Morgan fingerprint density at radius 2 is 1.53 bits per heavy atom. The van der Waals surface area contributed by atoms with E-state index in [9.17, 15) is 35.8 Å². The van der Waals surface area contributed by atoms with Crippen LogP contribution in [0.5, 0.6) is 0 Å². The van der Waals surface area contributed by atoms with Crippen LogP contribution in [0.15, 0.2) is 0 Å². The minimum absolute atomic E-state index is 0.757. The van der Waals surface area contributed by atoms with E-state index in [0.717, 1.165) is 6.92 Å². The molecule has 1 aliphatic rings. The van der Waals surface area contributed by atoms with E-state index in [1.165, 1.54) is 0 Å². The smallest absolute Gasteiger partial charge is 0.403 e. The van der Waals surface area contributed by atoms with Gasteiger partial charge in [0.25, 0.3) is 7.82 Å². The third-order valence-electron chi connectivity index (χ3n) is 2.04. The molecule has 1 saturated heterocycles. The monoisotopic (exact) mass is 287 g/mol. The van der Waals surface area contributed by atoms with E-state index < -0.39 is 38.3 Å². The fourth-order valence-corrected chi connectivity index (χ4v) is 2.58. The van der Waals surface area contributed by atoms with Gasteiger partial charge >= 0.3 is 12.4 Å². The Kier molecular flexibility index (Phi) is 3.57. The van der Waals surface area contributed by atoms with Crippen LogP contribution in [0.25, 0.3) is 0 Å². The molecule has 0 aromatic carbocycles. The van der Waals surface area contributed by atoms with Crippen LogP contribution in [0.1, 0.15) is 6.92 Å². The maximum atomic E-state index is 12.2. The molecule has 3 atom stereocenters. The van der Waals surface area contributed by atoms with Crippen LogP contribution in [0.3, 0.4) is 0 Å². The molecule has 3 unspecified atom stereocenters. The third-order valence-corrected chi connectivity index (χ3v) is 3.14. The summed E-state index contributed by atoms with van der Waals surface area (Å²) in [7, 11) is -5.10. The predicted octanol–water partition coefficient (Wildman–Crippen LogP) is 2.00. The summed E-state index contributed by atoms with van der Waals surface area (Å²) in [5.41, 5.74) is 0. The molecule has 1 rings (SSSR count). The first-order valence-electron chi connectivity index (χ1n) is 4.16. The van der Waals surface area contributed by atoms with E-state index in [2.05, 4.69) is 9.05 Å². The molecule has 0 aromatic rings. The summed E-state index contributed by atoms with van der Waals surface area (Å²) in [6.45, 7) is 0.757. The van der Waals surface area contributed by atoms with Gasteiger partial charge in [0.2, 0.25) is 0 Å². The van der Waals surface area contributed by atoms with Crippen molar-refractivity contribution in [3.05, 3.63) is 0 Å². The first-order valence-corrected chi connectivity index (χ1v) is 5.62. The van der Waals surface area contributed by atoms with E-state index >= 15 is 0 Å². The Hall–Kier alpha value is -0.310. The topological polar surface area (TPSA) is 58.6 Å². The van der Waals surface area contributed by atoms with Gasteiger partial charge in [0, 0.05) is 0 Å². The molecule has 0 bridgehead atoms. The standard InChI is InChI=1S/C6H7F6O4P/c1-2-3(16-17(13,14)15-2)4(5(7,8)9)6(10,11)12/h2-4H,1H3,(H,13,14)/p-1. The number of hydrogen-bond acceptors (Lipinski definition) is 4. The van der Waals surface area contributed by atoms with Gasteiger partial charge in [-0.05, 0) is 6.92 Å². The van der Waals surface area contributed by atoms with Gasteiger partial charge in [0.15, 0.2) is 5.92 Å². The average molecular weight is 287 g/mol. The number of hydrogen-bond donors (Lipinski definition) is 0. The van der Waals surface area contributed by atoms with Crippen molar-refractivity contribution in [1.29, 1.82) is 0 Å². The molecule has 0 radical (unpaired) electrons. The predicted molar refractivity (Wildman–Crippen MR) is 38.6 cm³/mol. The highest BCUT2D eigenvalue weighted by molar-refractivity contribution is 7.46. The van der Waals surface area contributed by atoms with Gasteiger partial charge in [0.1, 0.15) is 6.10 Å². The zero-order valence-electron chi connectivity index (χ0n) is 8.08. The summed E-state index contributed by atoms with van der Waals surface area (Å²) in [6, 6.07) is 0. The van der Waals surface area contributed by atoms with Gasteiger partial charge in [-0.3, -0.25) is 4.57 Å². The lowest BCUT2D eigenvalue weighted by Crippen LogP contribution is -2.48. The molecule has 0 N–H and O–H groups in total. The Balaban J connectivity index is 3.06. The Morgan fingerprint density at radius 1 is 1.12 bits per heavy atom. The number of halogens is 6. The van der Waals surface area contributed by atoms with Crippen LogP contribution in [-0.4, -0.2) is 24.6 Å². The van der Waals surface area contributed by atoms with Crippen LogP contribution < -0.4 is 4.89 Å². The van der Waals surface area contributed by atoms with E-state index in [1.807, 2.05) is 0 Å². The molecule has 17 heavy (non-hydrogen) atoms. The van der Waals surface area contributed by atoms with Gasteiger partial charge in [-0.2, -0.15) is 26.3 Å². The SMILES string of the molecule is CC1OP(=O)([O-])OC1C(C(F)(F)F)C(F)(F)F. The van der Waals surface area contributed by atoms with Gasteiger partial charge < -0.3 is 13.9 Å². The van der Waals surface area contributed by atoms with Crippen molar-refractivity contribution in [3.63, 3.8) is 0 Å². The first kappa shape index (κ1) is 14.7. The summed E-state index contributed by atoms with van der Waals surface area (Å²) in [6.07, 6.45) is -15.9. The highest BCUT2D eigenvalue weighted by atomic mass is 31.2. The molecule has 102 valence electrons. The minimum Gasteiger partial charge on any atom is -0.756 e. The maximum absolute atomic E-state index is 12.2. The molecule has 0 aromatic heterocycles. The number of phosphoric acid groups is 1. The van der Waals surface area contributed by atoms with Gasteiger partial charge in [-0.1, -0.05) is 0 Å². The van der Waals surface area contributed by atoms with Crippen LogP contribution in [0.2, 0.25) is 0 Å². The van der Waals surface area contributed by atoms with E-state index in [0.29, 0.717) is 0 Å². The second-order valence-electron chi connectivity index (χ2n) is 3.39. The Morgan fingerprint density at radius 3 is 1.76 bits per heavy atom. The van der Waals surface area contributed by atoms with Crippen molar-refractivity contribution in [1.82, 2.24) is 0 Å². The second-order valence-corrected chi connectivity index (χ2v) is 4.70. The molecule has 0 aliphatic carbocycles. The highest BCUT2D eigenvalue weighted by Gasteiger charge is 2.64. The van der Waals surface area contributed by atoms with Crippen molar-refractivity contribution >= 4 is 7.82 Å². The summed E-state index contributed by atoms with van der Waals surface area (Å²) < 4.78 is 91.8. The van der Waals surface area contributed by atoms with E-state index in [1.54, 1.807) is 0 Å². The summed E-state index contributed by atoms with van der Waals surface area (Å²) >= 11 is 0. The molecule has 4 nitrogen and oxygen atoms in total. The van der Waals surface area contributed by atoms with E-state index in [-0.39, 0.29) is 0 Å². The van der Waals surface area contributed by atoms with Crippen molar-refractivity contribution < 1.29 is 44.8 Å². The second kappa shape index (κ2) is 4.11. The van der Waals surface area contributed by atoms with Gasteiger partial charge in [0.05, 0.1) is 6.10 Å². The molecule has 0 saturated carbocycles. The number of alkyl halides is 6. The molecule has 1 fully saturated rings. The zero-order valence-corrected chi connectivity index (χ0v) is 8.97. The van der Waals surface area contributed by atoms with Gasteiger partial charge in [-0.25, -0.2) is 0 Å². The third kappa shape index (κ3) is 3.34. The molecule has 0 spiro atoms. The molecule has 0 amide bonds. The zero-order chi connectivity index (χ0) is 13.6. The van der Waals surface area contributed by atoms with E-state index in [4.69, 9.17) is 0 Å². The summed E-state index contributed by atoms with van der Waals surface area (Å²) in [5.74, 6) is -3.91. The largest absolute Gasteiger partial charge is 0.756 e. The van der Waals surface area contributed by atoms with Crippen LogP contribution in [-0.2, 0) is 13.6 Å². The molecule has 1 heterocycles. The lowest BCUT2D eigenvalue weighted by atomic mass is 9.97. The first-order chi connectivity index (χ1) is 7.34. The highest BCUT2D eigenvalue weighted by Crippen LogP contribution is 2.55. The van der Waals surface area contributed by atoms with Crippen molar-refractivity contribution in [2.24, 2.45) is 5.92 Å². The normalized spacial score (nSPS) is 35.6. The molecular formula is C6H6F6O4P-. The lowest BCUT2D eigenvalue weighted by molar-refractivity contribution is -0.306. The maximum Gasteiger partial charge on any atom is 0.403 e. The van der Waals surface area contributed by atoms with Crippen LogP contribution >= 0.6 is 7.82 Å². The molecule has 1 aliphatic heterocycles. The van der Waals surface area contributed by atoms with Crippen LogP contribution in [0, 0.1) is 5.92 Å². The van der Waals surface area contributed by atoms with Crippen molar-refractivity contribution in [2.75, 3.05) is 0 Å². The number of rotatable bonds is 1. The number of phosphoric ester groups is 1. The summed E-state index contributed by atoms with van der Waals surface area (Å²) in [4.78, 5) is 10.7. The molecular weight excluding hydrogens is 281 g/mol. The van der Waals surface area contributed by atoms with Crippen molar-refractivity contribution in [3.8, 4) is 0 Å². The fraction of sp³-hybridized carbons (Fsp3) is 1.00. The molecule has 11 heteroatoms. The van der Waals surface area contributed by atoms with Gasteiger partial charge in [-0.15, -0.1) is 0 Å². The lowest BCUT2D eigenvalue weighted by Gasteiger charge is -2.28. The Labute approximate surface area is 91.1 Å². The van der Waals surface area contributed by atoms with Crippen LogP contribution in [0.4, 0.5) is 26.3 Å². The Bertz CT molecular complexity index is 324.